The maximum atomic E-state index is 12.5. The van der Waals surface area contributed by atoms with Crippen LogP contribution in [0.3, 0.4) is 0 Å². The van der Waals surface area contributed by atoms with Crippen LogP contribution in [-0.4, -0.2) is 61.2 Å². The average Bonchev–Trinajstić information content (AvgIpc) is 2.49. The second-order valence-electron chi connectivity index (χ2n) is 5.05. The maximum Gasteiger partial charge on any atom is 0.305 e. The van der Waals surface area contributed by atoms with Crippen LogP contribution in [0, 0.1) is 0 Å². The molecule has 0 aliphatic carbocycles. The molecule has 1 aliphatic heterocycles. The van der Waals surface area contributed by atoms with Gasteiger partial charge in [-0.3, -0.25) is 14.5 Å². The van der Waals surface area contributed by atoms with E-state index in [1.54, 1.807) is 4.90 Å². The average molecular weight is 291 g/mol. The number of carboxylic acids is 1. The summed E-state index contributed by atoms with van der Waals surface area (Å²) < 4.78 is 0. The Hall–Kier alpha value is -1.92. The number of nitrogens with one attached hydrogen (secondary N) is 1. The Labute approximate surface area is 124 Å². The van der Waals surface area contributed by atoms with Crippen molar-refractivity contribution < 1.29 is 14.7 Å². The summed E-state index contributed by atoms with van der Waals surface area (Å²) in [5.41, 5.74) is 0.749. The smallest absolute Gasteiger partial charge is 0.305 e. The molecule has 0 bridgehead atoms. The molecule has 114 valence electrons. The summed E-state index contributed by atoms with van der Waals surface area (Å²) in [5, 5.41) is 12.1. The predicted molar refractivity (Wildman–Crippen MR) is 80.4 cm³/mol. The lowest BCUT2D eigenvalue weighted by Gasteiger charge is -2.30. The van der Waals surface area contributed by atoms with Crippen LogP contribution in [0.2, 0.25) is 0 Å². The van der Waals surface area contributed by atoms with E-state index in [-0.39, 0.29) is 18.9 Å². The van der Waals surface area contributed by atoms with Gasteiger partial charge in [-0.1, -0.05) is 18.2 Å². The molecule has 0 unspecified atom stereocenters. The number of carboxylic acid groups (broad SMARTS) is 1. The molecule has 1 aromatic carbocycles. The molecule has 0 aromatic heterocycles. The van der Waals surface area contributed by atoms with Crippen molar-refractivity contribution in [3.63, 3.8) is 0 Å². The van der Waals surface area contributed by atoms with Gasteiger partial charge in [0, 0.05) is 38.4 Å². The van der Waals surface area contributed by atoms with Gasteiger partial charge in [-0.25, -0.2) is 0 Å². The number of carbonyl (C=O) groups excluding carboxylic acids is 1. The van der Waals surface area contributed by atoms with Crippen LogP contribution in [-0.2, 0) is 9.59 Å². The van der Waals surface area contributed by atoms with E-state index in [4.69, 9.17) is 5.11 Å². The zero-order valence-electron chi connectivity index (χ0n) is 12.0. The number of hydrogen-bond donors (Lipinski definition) is 2. The van der Waals surface area contributed by atoms with Crippen LogP contribution in [0.25, 0.3) is 0 Å². The van der Waals surface area contributed by atoms with Gasteiger partial charge in [0.15, 0.2) is 0 Å². The second kappa shape index (κ2) is 7.75. The Kier molecular flexibility index (Phi) is 5.71. The van der Waals surface area contributed by atoms with E-state index in [2.05, 4.69) is 10.2 Å². The van der Waals surface area contributed by atoms with Gasteiger partial charge in [0.1, 0.15) is 0 Å². The Morgan fingerprint density at radius 1 is 1.19 bits per heavy atom. The van der Waals surface area contributed by atoms with E-state index in [9.17, 15) is 9.59 Å². The van der Waals surface area contributed by atoms with E-state index < -0.39 is 5.97 Å². The van der Waals surface area contributed by atoms with Gasteiger partial charge < -0.3 is 15.3 Å². The predicted octanol–water partition coefficient (Wildman–Crippen LogP) is 0.400. The standard InChI is InChI=1S/C15H21N3O3/c19-14(12-17-10-7-16-8-11-17)18(9-6-15(20)21)13-4-2-1-3-5-13/h1-5,16H,6-12H2,(H,20,21). The number of anilines is 1. The lowest BCUT2D eigenvalue weighted by Crippen LogP contribution is -2.48. The Morgan fingerprint density at radius 3 is 2.48 bits per heavy atom. The SMILES string of the molecule is O=C(O)CCN(C(=O)CN1CCNCC1)c1ccccc1. The molecule has 1 aliphatic rings. The maximum absolute atomic E-state index is 12.5. The Morgan fingerprint density at radius 2 is 1.86 bits per heavy atom. The molecule has 1 fully saturated rings. The third kappa shape index (κ3) is 4.84. The highest BCUT2D eigenvalue weighted by molar-refractivity contribution is 5.95. The zero-order chi connectivity index (χ0) is 15.1. The molecule has 0 saturated carbocycles. The molecule has 1 saturated heterocycles. The molecule has 1 aromatic rings. The highest BCUT2D eigenvalue weighted by Crippen LogP contribution is 2.14. The summed E-state index contributed by atoms with van der Waals surface area (Å²) in [7, 11) is 0. The van der Waals surface area contributed by atoms with E-state index >= 15 is 0 Å². The van der Waals surface area contributed by atoms with E-state index in [1.807, 2.05) is 30.3 Å². The van der Waals surface area contributed by atoms with Gasteiger partial charge in [0.2, 0.25) is 5.91 Å². The molecule has 2 N–H and O–H groups in total. The first-order valence-corrected chi connectivity index (χ1v) is 7.17. The number of hydrogen-bond acceptors (Lipinski definition) is 4. The Balaban J connectivity index is 2.02. The van der Waals surface area contributed by atoms with Crippen molar-refractivity contribution in [3.05, 3.63) is 30.3 Å². The van der Waals surface area contributed by atoms with Crippen LogP contribution in [0.15, 0.2) is 30.3 Å². The first-order valence-electron chi connectivity index (χ1n) is 7.17. The van der Waals surface area contributed by atoms with Crippen molar-refractivity contribution in [1.82, 2.24) is 10.2 Å². The van der Waals surface area contributed by atoms with E-state index in [1.165, 1.54) is 0 Å². The van der Waals surface area contributed by atoms with Gasteiger partial charge in [-0.2, -0.15) is 0 Å². The molecule has 1 amide bonds. The van der Waals surface area contributed by atoms with Crippen molar-refractivity contribution in [2.75, 3.05) is 44.2 Å². The first-order chi connectivity index (χ1) is 10.2. The van der Waals surface area contributed by atoms with Crippen molar-refractivity contribution >= 4 is 17.6 Å². The van der Waals surface area contributed by atoms with E-state index in [0.717, 1.165) is 31.9 Å². The molecule has 6 nitrogen and oxygen atoms in total. The minimum atomic E-state index is -0.897. The molecular weight excluding hydrogens is 270 g/mol. The fourth-order valence-electron chi connectivity index (χ4n) is 2.36. The van der Waals surface area contributed by atoms with Gasteiger partial charge >= 0.3 is 5.97 Å². The van der Waals surface area contributed by atoms with Crippen molar-refractivity contribution in [2.45, 2.75) is 6.42 Å². The summed E-state index contributed by atoms with van der Waals surface area (Å²) in [5.74, 6) is -0.949. The fourth-order valence-corrected chi connectivity index (χ4v) is 2.36. The number of piperazine rings is 1. The molecule has 1 heterocycles. The molecule has 0 atom stereocenters. The minimum Gasteiger partial charge on any atom is -0.481 e. The number of carbonyl (C=O) groups is 2. The second-order valence-corrected chi connectivity index (χ2v) is 5.05. The summed E-state index contributed by atoms with van der Waals surface area (Å²) in [6.07, 6.45) is -0.0534. The number of benzene rings is 1. The summed E-state index contributed by atoms with van der Waals surface area (Å²) in [4.78, 5) is 26.9. The monoisotopic (exact) mass is 291 g/mol. The molecule has 6 heteroatoms. The van der Waals surface area contributed by atoms with Gasteiger partial charge in [-0.05, 0) is 12.1 Å². The van der Waals surface area contributed by atoms with E-state index in [0.29, 0.717) is 6.54 Å². The lowest BCUT2D eigenvalue weighted by atomic mass is 10.2. The molecule has 0 spiro atoms. The van der Waals surface area contributed by atoms with Gasteiger partial charge in [0.25, 0.3) is 0 Å². The summed E-state index contributed by atoms with van der Waals surface area (Å²) in [6, 6.07) is 9.23. The lowest BCUT2D eigenvalue weighted by molar-refractivity contribution is -0.136. The molecular formula is C15H21N3O3. The normalized spacial score (nSPS) is 15.6. The fraction of sp³-hybridized carbons (Fsp3) is 0.467. The summed E-state index contributed by atoms with van der Waals surface area (Å²) in [6.45, 7) is 3.97. The van der Waals surface area contributed by atoms with Crippen LogP contribution in [0.4, 0.5) is 5.69 Å². The van der Waals surface area contributed by atoms with Gasteiger partial charge in [-0.15, -0.1) is 0 Å². The first kappa shape index (κ1) is 15.5. The Bertz CT molecular complexity index is 472. The molecule has 21 heavy (non-hydrogen) atoms. The summed E-state index contributed by atoms with van der Waals surface area (Å²) >= 11 is 0. The number of nitrogens with zero attached hydrogens (tertiary/aromatic N) is 2. The van der Waals surface area contributed by atoms with Crippen molar-refractivity contribution in [2.24, 2.45) is 0 Å². The number of para-hydroxylation sites is 1. The number of aliphatic carboxylic acids is 1. The van der Waals surface area contributed by atoms with Crippen LogP contribution >= 0.6 is 0 Å². The topological polar surface area (TPSA) is 72.9 Å². The highest BCUT2D eigenvalue weighted by atomic mass is 16.4. The largest absolute Gasteiger partial charge is 0.481 e. The number of rotatable bonds is 6. The third-order valence-corrected chi connectivity index (χ3v) is 3.49. The van der Waals surface area contributed by atoms with Crippen molar-refractivity contribution in [3.8, 4) is 0 Å². The van der Waals surface area contributed by atoms with Gasteiger partial charge in [0.05, 0.1) is 13.0 Å². The van der Waals surface area contributed by atoms with Crippen molar-refractivity contribution in [1.29, 1.82) is 0 Å². The minimum absolute atomic E-state index is 0.0515. The molecule has 0 radical (unpaired) electrons. The molecule has 2 rings (SSSR count). The quantitative estimate of drug-likeness (QED) is 0.794. The third-order valence-electron chi connectivity index (χ3n) is 3.49. The van der Waals surface area contributed by atoms with Crippen LogP contribution in [0.1, 0.15) is 6.42 Å². The van der Waals surface area contributed by atoms with Crippen LogP contribution in [0.5, 0.6) is 0 Å². The zero-order valence-corrected chi connectivity index (χ0v) is 12.0. The van der Waals surface area contributed by atoms with Crippen LogP contribution < -0.4 is 10.2 Å². The highest BCUT2D eigenvalue weighted by Gasteiger charge is 2.20. The number of amides is 1.